The molecule has 2 saturated carbocycles. The van der Waals surface area contributed by atoms with Crippen LogP contribution in [0.2, 0.25) is 0 Å². The Hall–Kier alpha value is -0.770. The third-order valence-electron chi connectivity index (χ3n) is 5.11. The fraction of sp³-hybridized carbons (Fsp3) is 0.933. The molecule has 2 aliphatic carbocycles. The lowest BCUT2D eigenvalue weighted by molar-refractivity contribution is 0.101. The summed E-state index contributed by atoms with van der Waals surface area (Å²) in [4.78, 5) is 14.3. The van der Waals surface area contributed by atoms with Gasteiger partial charge >= 0.3 is 6.03 Å². The summed E-state index contributed by atoms with van der Waals surface area (Å²) < 4.78 is 0. The van der Waals surface area contributed by atoms with Crippen molar-refractivity contribution in [2.24, 2.45) is 5.73 Å². The maximum absolute atomic E-state index is 12.4. The average molecular weight is 267 g/mol. The Kier molecular flexibility index (Phi) is 5.08. The van der Waals surface area contributed by atoms with Gasteiger partial charge in [0.25, 0.3) is 0 Å². The lowest BCUT2D eigenvalue weighted by Gasteiger charge is -2.44. The smallest absolute Gasteiger partial charge is 0.317 e. The summed E-state index contributed by atoms with van der Waals surface area (Å²) >= 11 is 0. The number of nitrogens with two attached hydrogens (primary N) is 1. The molecule has 110 valence electrons. The quantitative estimate of drug-likeness (QED) is 0.826. The lowest BCUT2D eigenvalue weighted by Crippen LogP contribution is -2.59. The number of likely N-dealkylation sites (N-methyl/N-ethyl adjacent to an activating group) is 1. The van der Waals surface area contributed by atoms with Gasteiger partial charge in [-0.2, -0.15) is 0 Å². The van der Waals surface area contributed by atoms with Crippen LogP contribution in [-0.2, 0) is 0 Å². The van der Waals surface area contributed by atoms with Crippen LogP contribution in [0.4, 0.5) is 4.79 Å². The summed E-state index contributed by atoms with van der Waals surface area (Å²) in [6.45, 7) is 0.585. The number of nitrogens with one attached hydrogen (secondary N) is 1. The van der Waals surface area contributed by atoms with Crippen LogP contribution in [0.1, 0.15) is 64.2 Å². The van der Waals surface area contributed by atoms with Crippen LogP contribution in [0, 0.1) is 0 Å². The molecule has 4 heteroatoms. The second-order valence-corrected chi connectivity index (χ2v) is 6.33. The first-order valence-corrected chi connectivity index (χ1v) is 7.92. The minimum Gasteiger partial charge on any atom is -0.335 e. The highest BCUT2D eigenvalue weighted by Crippen LogP contribution is 2.32. The standard InChI is InChI=1S/C15H29N3O/c1-18(15(12-16)10-6-3-7-11-15)14(19)17-13-8-4-2-5-9-13/h13H,2-12,16H2,1H3,(H,17,19). The van der Waals surface area contributed by atoms with Gasteiger partial charge in [0.05, 0.1) is 5.54 Å². The molecule has 3 N–H and O–H groups in total. The van der Waals surface area contributed by atoms with E-state index in [-0.39, 0.29) is 11.6 Å². The van der Waals surface area contributed by atoms with Gasteiger partial charge in [-0.25, -0.2) is 4.79 Å². The van der Waals surface area contributed by atoms with Crippen molar-refractivity contribution in [1.82, 2.24) is 10.2 Å². The van der Waals surface area contributed by atoms with E-state index in [0.29, 0.717) is 12.6 Å². The van der Waals surface area contributed by atoms with E-state index in [2.05, 4.69) is 5.32 Å². The summed E-state index contributed by atoms with van der Waals surface area (Å²) in [6, 6.07) is 0.460. The van der Waals surface area contributed by atoms with Crippen LogP contribution < -0.4 is 11.1 Å². The zero-order valence-corrected chi connectivity index (χ0v) is 12.3. The fourth-order valence-corrected chi connectivity index (χ4v) is 3.62. The number of carbonyl (C=O) groups excluding carboxylic acids is 1. The lowest BCUT2D eigenvalue weighted by atomic mass is 9.80. The van der Waals surface area contributed by atoms with E-state index in [0.717, 1.165) is 25.7 Å². The predicted octanol–water partition coefficient (Wildman–Crippen LogP) is 2.62. The SMILES string of the molecule is CN(C(=O)NC1CCCCC1)C1(CN)CCCCC1. The molecule has 0 bridgehead atoms. The highest BCUT2D eigenvalue weighted by atomic mass is 16.2. The number of nitrogens with zero attached hydrogens (tertiary/aromatic N) is 1. The van der Waals surface area contributed by atoms with E-state index in [9.17, 15) is 4.79 Å². The molecular weight excluding hydrogens is 238 g/mol. The molecule has 2 amide bonds. The van der Waals surface area contributed by atoms with E-state index in [1.54, 1.807) is 0 Å². The topological polar surface area (TPSA) is 58.4 Å². The number of hydrogen-bond acceptors (Lipinski definition) is 2. The van der Waals surface area contributed by atoms with Crippen LogP contribution in [0.3, 0.4) is 0 Å². The zero-order valence-electron chi connectivity index (χ0n) is 12.3. The largest absolute Gasteiger partial charge is 0.335 e. The molecule has 4 nitrogen and oxygen atoms in total. The maximum Gasteiger partial charge on any atom is 0.317 e. The van der Waals surface area contributed by atoms with Crippen LogP contribution in [-0.4, -0.2) is 36.1 Å². The van der Waals surface area contributed by atoms with Crippen molar-refractivity contribution in [3.8, 4) is 0 Å². The molecule has 19 heavy (non-hydrogen) atoms. The summed E-state index contributed by atoms with van der Waals surface area (Å²) in [7, 11) is 1.93. The predicted molar refractivity (Wildman–Crippen MR) is 78.0 cm³/mol. The zero-order chi connectivity index (χ0) is 13.7. The second-order valence-electron chi connectivity index (χ2n) is 6.33. The Balaban J connectivity index is 1.92. The molecule has 2 fully saturated rings. The van der Waals surface area contributed by atoms with Gasteiger partial charge in [-0.1, -0.05) is 38.5 Å². The van der Waals surface area contributed by atoms with Crippen LogP contribution in [0.25, 0.3) is 0 Å². The average Bonchev–Trinajstić information content (AvgIpc) is 2.48. The Bertz CT molecular complexity index is 294. The van der Waals surface area contributed by atoms with Gasteiger partial charge in [-0.15, -0.1) is 0 Å². The molecule has 0 aliphatic heterocycles. The minimum absolute atomic E-state index is 0.0826. The molecule has 0 aromatic heterocycles. The minimum atomic E-state index is -0.100. The van der Waals surface area contributed by atoms with Crippen molar-refractivity contribution in [2.45, 2.75) is 75.8 Å². The van der Waals surface area contributed by atoms with Gasteiger partial charge in [0.15, 0.2) is 0 Å². The summed E-state index contributed by atoms with van der Waals surface area (Å²) in [5.41, 5.74) is 5.89. The fourth-order valence-electron chi connectivity index (χ4n) is 3.62. The van der Waals surface area contributed by atoms with Crippen molar-refractivity contribution < 1.29 is 4.79 Å². The first kappa shape index (κ1) is 14.6. The molecule has 0 saturated heterocycles. The highest BCUT2D eigenvalue weighted by Gasteiger charge is 2.37. The summed E-state index contributed by atoms with van der Waals surface area (Å²) in [5, 5.41) is 3.21. The van der Waals surface area contributed by atoms with Crippen molar-refractivity contribution in [2.75, 3.05) is 13.6 Å². The number of rotatable bonds is 3. The number of hydrogen-bond donors (Lipinski definition) is 2. The van der Waals surface area contributed by atoms with Gasteiger partial charge in [0, 0.05) is 19.6 Å². The van der Waals surface area contributed by atoms with E-state index in [1.807, 2.05) is 11.9 Å². The first-order chi connectivity index (χ1) is 9.18. The van der Waals surface area contributed by atoms with Gasteiger partial charge in [-0.3, -0.25) is 0 Å². The molecule has 0 spiro atoms. The Morgan fingerprint density at radius 3 is 2.32 bits per heavy atom. The molecular formula is C15H29N3O. The molecule has 2 rings (SSSR count). The molecule has 0 atom stereocenters. The van der Waals surface area contributed by atoms with Crippen molar-refractivity contribution in [3.05, 3.63) is 0 Å². The van der Waals surface area contributed by atoms with E-state index in [1.165, 1.54) is 38.5 Å². The molecule has 0 heterocycles. The third kappa shape index (κ3) is 3.41. The van der Waals surface area contributed by atoms with Gasteiger partial charge in [0.2, 0.25) is 0 Å². The Morgan fingerprint density at radius 1 is 1.16 bits per heavy atom. The molecule has 0 aromatic carbocycles. The molecule has 0 unspecified atom stereocenters. The number of carbonyl (C=O) groups is 1. The maximum atomic E-state index is 12.4. The molecule has 2 aliphatic rings. The molecule has 0 radical (unpaired) electrons. The third-order valence-corrected chi connectivity index (χ3v) is 5.11. The van der Waals surface area contributed by atoms with E-state index < -0.39 is 0 Å². The Labute approximate surface area is 117 Å². The van der Waals surface area contributed by atoms with Crippen LogP contribution in [0.5, 0.6) is 0 Å². The van der Waals surface area contributed by atoms with Crippen molar-refractivity contribution >= 4 is 6.03 Å². The Morgan fingerprint density at radius 2 is 1.74 bits per heavy atom. The van der Waals surface area contributed by atoms with Crippen LogP contribution >= 0.6 is 0 Å². The number of amides is 2. The van der Waals surface area contributed by atoms with Crippen molar-refractivity contribution in [3.63, 3.8) is 0 Å². The normalized spacial score (nSPS) is 23.9. The summed E-state index contributed by atoms with van der Waals surface area (Å²) in [5.74, 6) is 0. The summed E-state index contributed by atoms with van der Waals surface area (Å²) in [6.07, 6.45) is 11.8. The van der Waals surface area contributed by atoms with E-state index in [4.69, 9.17) is 5.73 Å². The van der Waals surface area contributed by atoms with E-state index >= 15 is 0 Å². The monoisotopic (exact) mass is 267 g/mol. The molecule has 0 aromatic rings. The van der Waals surface area contributed by atoms with Crippen molar-refractivity contribution in [1.29, 1.82) is 0 Å². The number of urea groups is 1. The first-order valence-electron chi connectivity index (χ1n) is 7.92. The highest BCUT2D eigenvalue weighted by molar-refractivity contribution is 5.75. The van der Waals surface area contributed by atoms with Gasteiger partial charge < -0.3 is 16.0 Å². The second kappa shape index (κ2) is 6.60. The van der Waals surface area contributed by atoms with Gasteiger partial charge in [-0.05, 0) is 25.7 Å². The van der Waals surface area contributed by atoms with Gasteiger partial charge in [0.1, 0.15) is 0 Å². The van der Waals surface area contributed by atoms with Crippen LogP contribution in [0.15, 0.2) is 0 Å².